The maximum atomic E-state index is 11.7. The molecule has 5 nitrogen and oxygen atoms in total. The first-order chi connectivity index (χ1) is 8.54. The molecule has 0 bridgehead atoms. The van der Waals surface area contributed by atoms with E-state index < -0.39 is 0 Å². The average molecular weight is 319 g/mol. The van der Waals surface area contributed by atoms with E-state index in [1.54, 1.807) is 11.8 Å². The Kier molecular flexibility index (Phi) is 6.18. The standard InChI is InChI=1S/C12H19BrN2O3/c1-3-18-11(16)10-4-6-15(7-5-10)12(17)14-8-9(2)13/h10H,2-8H2,1H3,(H,14,17). The molecule has 0 saturated carbocycles. The molecule has 0 atom stereocenters. The fourth-order valence-electron chi connectivity index (χ4n) is 1.86. The second-order valence-electron chi connectivity index (χ2n) is 4.19. The Hall–Kier alpha value is -1.04. The number of likely N-dealkylation sites (tertiary alicyclic amines) is 1. The van der Waals surface area contributed by atoms with Gasteiger partial charge in [-0.2, -0.15) is 0 Å². The van der Waals surface area contributed by atoms with E-state index in [1.165, 1.54) is 0 Å². The molecule has 1 fully saturated rings. The minimum Gasteiger partial charge on any atom is -0.466 e. The molecule has 0 aromatic rings. The number of carbonyl (C=O) groups excluding carboxylic acids is 2. The number of hydrogen-bond donors (Lipinski definition) is 1. The van der Waals surface area contributed by atoms with Crippen molar-refractivity contribution in [1.82, 2.24) is 10.2 Å². The third kappa shape index (κ3) is 4.68. The number of rotatable bonds is 4. The van der Waals surface area contributed by atoms with Crippen LogP contribution in [0, 0.1) is 5.92 Å². The number of carbonyl (C=O) groups is 2. The van der Waals surface area contributed by atoms with Crippen LogP contribution in [0.1, 0.15) is 19.8 Å². The van der Waals surface area contributed by atoms with Crippen molar-refractivity contribution in [2.24, 2.45) is 5.92 Å². The largest absolute Gasteiger partial charge is 0.466 e. The normalized spacial score (nSPS) is 16.2. The molecule has 18 heavy (non-hydrogen) atoms. The molecule has 0 aliphatic carbocycles. The highest BCUT2D eigenvalue weighted by Gasteiger charge is 2.27. The summed E-state index contributed by atoms with van der Waals surface area (Å²) in [6, 6.07) is -0.113. The zero-order valence-corrected chi connectivity index (χ0v) is 12.2. The van der Waals surface area contributed by atoms with Gasteiger partial charge >= 0.3 is 12.0 Å². The van der Waals surface area contributed by atoms with Crippen LogP contribution in [0.15, 0.2) is 11.1 Å². The number of ether oxygens (including phenoxy) is 1. The first-order valence-corrected chi connectivity index (χ1v) is 6.86. The Morgan fingerprint density at radius 1 is 1.44 bits per heavy atom. The van der Waals surface area contributed by atoms with Crippen molar-refractivity contribution in [3.8, 4) is 0 Å². The zero-order valence-electron chi connectivity index (χ0n) is 10.6. The highest BCUT2D eigenvalue weighted by molar-refractivity contribution is 9.11. The Balaban J connectivity index is 2.32. The summed E-state index contributed by atoms with van der Waals surface area (Å²) in [6.45, 7) is 7.45. The first-order valence-electron chi connectivity index (χ1n) is 6.07. The number of amides is 2. The Labute approximate surface area is 116 Å². The highest BCUT2D eigenvalue weighted by atomic mass is 79.9. The highest BCUT2D eigenvalue weighted by Crippen LogP contribution is 2.18. The van der Waals surface area contributed by atoms with Gasteiger partial charge in [-0.25, -0.2) is 4.79 Å². The minimum absolute atomic E-state index is 0.0693. The van der Waals surface area contributed by atoms with Crippen LogP contribution in [0.25, 0.3) is 0 Å². The number of nitrogens with zero attached hydrogens (tertiary/aromatic N) is 1. The Morgan fingerprint density at radius 3 is 2.56 bits per heavy atom. The SMILES string of the molecule is C=C(Br)CNC(=O)N1CCC(C(=O)OCC)CC1. The maximum Gasteiger partial charge on any atom is 0.317 e. The lowest BCUT2D eigenvalue weighted by molar-refractivity contribution is -0.149. The van der Waals surface area contributed by atoms with Crippen molar-refractivity contribution in [1.29, 1.82) is 0 Å². The number of urea groups is 1. The average Bonchev–Trinajstić information content (AvgIpc) is 2.36. The van der Waals surface area contributed by atoms with E-state index in [0.29, 0.717) is 39.1 Å². The van der Waals surface area contributed by atoms with Crippen LogP contribution in [-0.4, -0.2) is 43.1 Å². The second kappa shape index (κ2) is 7.41. The molecule has 6 heteroatoms. The quantitative estimate of drug-likeness (QED) is 0.805. The van der Waals surface area contributed by atoms with E-state index >= 15 is 0 Å². The van der Waals surface area contributed by atoms with E-state index in [-0.39, 0.29) is 17.9 Å². The summed E-state index contributed by atoms with van der Waals surface area (Å²) in [6.07, 6.45) is 1.34. The van der Waals surface area contributed by atoms with Gasteiger partial charge in [-0.15, -0.1) is 0 Å². The summed E-state index contributed by atoms with van der Waals surface area (Å²) in [5, 5.41) is 2.75. The maximum absolute atomic E-state index is 11.7. The van der Waals surface area contributed by atoms with E-state index in [4.69, 9.17) is 4.74 Å². The van der Waals surface area contributed by atoms with Crippen LogP contribution < -0.4 is 5.32 Å². The summed E-state index contributed by atoms with van der Waals surface area (Å²) in [5.41, 5.74) is 0. The summed E-state index contributed by atoms with van der Waals surface area (Å²) < 4.78 is 5.71. The van der Waals surface area contributed by atoms with Crippen LogP contribution in [0.2, 0.25) is 0 Å². The van der Waals surface area contributed by atoms with Gasteiger partial charge in [-0.1, -0.05) is 22.5 Å². The molecule has 102 valence electrons. The van der Waals surface area contributed by atoms with Crippen molar-refractivity contribution in [2.75, 3.05) is 26.2 Å². The van der Waals surface area contributed by atoms with E-state index in [0.717, 1.165) is 4.48 Å². The molecule has 1 aliphatic rings. The molecule has 1 aliphatic heterocycles. The number of hydrogen-bond acceptors (Lipinski definition) is 3. The lowest BCUT2D eigenvalue weighted by Crippen LogP contribution is -2.45. The molecule has 0 unspecified atom stereocenters. The molecule has 1 heterocycles. The fourth-order valence-corrected chi connectivity index (χ4v) is 2.00. The number of piperidine rings is 1. The van der Waals surface area contributed by atoms with Gasteiger partial charge in [0.1, 0.15) is 0 Å². The van der Waals surface area contributed by atoms with E-state index in [2.05, 4.69) is 27.8 Å². The van der Waals surface area contributed by atoms with Gasteiger partial charge < -0.3 is 15.0 Å². The molecule has 0 aromatic heterocycles. The zero-order chi connectivity index (χ0) is 13.5. The summed E-state index contributed by atoms with van der Waals surface area (Å²) >= 11 is 3.18. The van der Waals surface area contributed by atoms with Crippen LogP contribution in [0.3, 0.4) is 0 Å². The summed E-state index contributed by atoms with van der Waals surface area (Å²) in [7, 11) is 0. The van der Waals surface area contributed by atoms with Crippen LogP contribution in [0.4, 0.5) is 4.79 Å². The van der Waals surface area contributed by atoms with Crippen molar-refractivity contribution >= 4 is 27.9 Å². The Morgan fingerprint density at radius 2 is 2.06 bits per heavy atom. The van der Waals surface area contributed by atoms with Crippen LogP contribution in [0.5, 0.6) is 0 Å². The molecule has 1 saturated heterocycles. The van der Waals surface area contributed by atoms with Crippen molar-refractivity contribution < 1.29 is 14.3 Å². The summed E-state index contributed by atoms with van der Waals surface area (Å²) in [5.74, 6) is -0.216. The van der Waals surface area contributed by atoms with Gasteiger partial charge in [-0.05, 0) is 19.8 Å². The minimum atomic E-state index is -0.147. The molecule has 0 radical (unpaired) electrons. The van der Waals surface area contributed by atoms with Gasteiger partial charge in [0.15, 0.2) is 0 Å². The van der Waals surface area contributed by atoms with Gasteiger partial charge in [-0.3, -0.25) is 4.79 Å². The Bertz CT molecular complexity index is 325. The van der Waals surface area contributed by atoms with Crippen molar-refractivity contribution in [3.63, 3.8) is 0 Å². The number of nitrogens with one attached hydrogen (secondary N) is 1. The lowest BCUT2D eigenvalue weighted by atomic mass is 9.97. The van der Waals surface area contributed by atoms with Gasteiger partial charge in [0, 0.05) is 17.6 Å². The second-order valence-corrected chi connectivity index (χ2v) is 5.31. The van der Waals surface area contributed by atoms with Gasteiger partial charge in [0.25, 0.3) is 0 Å². The van der Waals surface area contributed by atoms with E-state index in [1.807, 2.05) is 0 Å². The molecular formula is C12H19BrN2O3. The smallest absolute Gasteiger partial charge is 0.317 e. The molecule has 2 amide bonds. The predicted octanol–water partition coefficient (Wildman–Crippen LogP) is 1.88. The molecule has 1 N–H and O–H groups in total. The predicted molar refractivity (Wildman–Crippen MR) is 72.4 cm³/mol. The monoisotopic (exact) mass is 318 g/mol. The molecular weight excluding hydrogens is 300 g/mol. The van der Waals surface area contributed by atoms with Gasteiger partial charge in [0.05, 0.1) is 19.1 Å². The van der Waals surface area contributed by atoms with Crippen molar-refractivity contribution in [2.45, 2.75) is 19.8 Å². The van der Waals surface area contributed by atoms with Crippen molar-refractivity contribution in [3.05, 3.63) is 11.1 Å². The summed E-state index contributed by atoms with van der Waals surface area (Å²) in [4.78, 5) is 25.0. The number of esters is 1. The third-order valence-corrected chi connectivity index (χ3v) is 3.11. The molecule has 0 spiro atoms. The van der Waals surface area contributed by atoms with Crippen LogP contribution >= 0.6 is 15.9 Å². The molecule has 0 aromatic carbocycles. The third-order valence-electron chi connectivity index (χ3n) is 2.83. The fraction of sp³-hybridized carbons (Fsp3) is 0.667. The van der Waals surface area contributed by atoms with Gasteiger partial charge in [0.2, 0.25) is 0 Å². The van der Waals surface area contributed by atoms with Crippen LogP contribution in [-0.2, 0) is 9.53 Å². The number of halogens is 1. The topological polar surface area (TPSA) is 58.6 Å². The molecule has 1 rings (SSSR count). The first kappa shape index (κ1) is 15.0. The lowest BCUT2D eigenvalue weighted by Gasteiger charge is -2.30. The van der Waals surface area contributed by atoms with E-state index in [9.17, 15) is 9.59 Å².